The smallest absolute Gasteiger partial charge is 0.235 e. The molecule has 5 aromatic heterocycles. The second-order valence-corrected chi connectivity index (χ2v) is 13.3. The predicted molar refractivity (Wildman–Crippen MR) is 202 cm³/mol. The molecule has 0 aliphatic carbocycles. The Morgan fingerprint density at radius 2 is 1.16 bits per heavy atom. The summed E-state index contributed by atoms with van der Waals surface area (Å²) < 4.78 is 5.89. The van der Waals surface area contributed by atoms with Crippen LogP contribution in [0.4, 0.5) is 0 Å². The lowest BCUT2D eigenvalue weighted by atomic mass is 10.0. The zero-order chi connectivity index (χ0) is 32.1. The summed E-state index contributed by atoms with van der Waals surface area (Å²) in [5.41, 5.74) is 8.38. The van der Waals surface area contributed by atoms with Crippen LogP contribution in [0.2, 0.25) is 0 Å². The van der Waals surface area contributed by atoms with E-state index in [1.54, 1.807) is 17.7 Å². The Morgan fingerprint density at radius 1 is 0.510 bits per heavy atom. The Kier molecular flexibility index (Phi) is 5.45. The molecule has 11 rings (SSSR count). The second kappa shape index (κ2) is 10.0. The monoisotopic (exact) mass is 644 g/mol. The van der Waals surface area contributed by atoms with Gasteiger partial charge in [-0.15, -0.1) is 11.3 Å². The van der Waals surface area contributed by atoms with E-state index < -0.39 is 0 Å². The first-order valence-corrected chi connectivity index (χ1v) is 17.1. The Labute approximate surface area is 283 Å². The highest BCUT2D eigenvalue weighted by Crippen LogP contribution is 2.50. The fourth-order valence-corrected chi connectivity index (χ4v) is 8.88. The van der Waals surface area contributed by atoms with Crippen LogP contribution < -0.4 is 0 Å². The maximum Gasteiger partial charge on any atom is 0.235 e. The van der Waals surface area contributed by atoms with Crippen molar-refractivity contribution in [1.29, 1.82) is 0 Å². The normalized spacial score (nSPS) is 12.1. The molecule has 0 unspecified atom stereocenters. The second-order valence-electron chi connectivity index (χ2n) is 12.3. The van der Waals surface area contributed by atoms with E-state index in [1.807, 2.05) is 18.3 Å². The Hall–Kier alpha value is -6.44. The molecule has 0 radical (unpaired) electrons. The number of hydrogen-bond acceptors (Lipinski definition) is 5. The van der Waals surface area contributed by atoms with Crippen molar-refractivity contribution < 1.29 is 0 Å². The Balaban J connectivity index is 1.44. The van der Waals surface area contributed by atoms with Crippen LogP contribution in [0, 0.1) is 0 Å². The number of nitrogens with zero attached hydrogens (tertiary/aromatic N) is 6. The largest absolute Gasteiger partial charge is 0.308 e. The van der Waals surface area contributed by atoms with Crippen molar-refractivity contribution in [2.24, 2.45) is 0 Å². The van der Waals surface area contributed by atoms with E-state index in [9.17, 15) is 0 Å². The van der Waals surface area contributed by atoms with Crippen LogP contribution in [0.15, 0.2) is 146 Å². The van der Waals surface area contributed by atoms with Crippen molar-refractivity contribution in [3.8, 4) is 22.9 Å². The topological polar surface area (TPSA) is 61.4 Å². The van der Waals surface area contributed by atoms with Gasteiger partial charge in [0.25, 0.3) is 0 Å². The molecule has 6 aromatic carbocycles. The van der Waals surface area contributed by atoms with E-state index in [-0.39, 0.29) is 0 Å². The van der Waals surface area contributed by atoms with Crippen LogP contribution in [0.3, 0.4) is 0 Å². The van der Waals surface area contributed by atoms with Crippen LogP contribution >= 0.6 is 11.3 Å². The summed E-state index contributed by atoms with van der Waals surface area (Å²) in [7, 11) is 0. The fourth-order valence-electron chi connectivity index (χ4n) is 7.71. The van der Waals surface area contributed by atoms with Crippen molar-refractivity contribution in [2.45, 2.75) is 0 Å². The quantitative estimate of drug-likeness (QED) is 0.192. The van der Waals surface area contributed by atoms with Gasteiger partial charge in [0, 0.05) is 55.2 Å². The van der Waals surface area contributed by atoms with Gasteiger partial charge in [-0.05, 0) is 30.3 Å². The van der Waals surface area contributed by atoms with Crippen LogP contribution in [0.5, 0.6) is 0 Å². The molecule has 49 heavy (non-hydrogen) atoms. The molecule has 0 fully saturated rings. The van der Waals surface area contributed by atoms with Crippen LogP contribution in [-0.4, -0.2) is 29.1 Å². The minimum Gasteiger partial charge on any atom is -0.308 e. The van der Waals surface area contributed by atoms with Gasteiger partial charge in [0.1, 0.15) is 11.2 Å². The van der Waals surface area contributed by atoms with Crippen molar-refractivity contribution >= 4 is 86.2 Å². The lowest BCUT2D eigenvalue weighted by Crippen LogP contribution is -2.03. The van der Waals surface area contributed by atoms with Crippen molar-refractivity contribution in [3.05, 3.63) is 146 Å². The number of rotatable bonds is 3. The van der Waals surface area contributed by atoms with E-state index in [4.69, 9.17) is 15.0 Å². The fraction of sp³-hybridized carbons (Fsp3) is 0. The van der Waals surface area contributed by atoms with Crippen LogP contribution in [0.25, 0.3) is 97.7 Å². The highest BCUT2D eigenvalue weighted by atomic mass is 32.1. The summed E-state index contributed by atoms with van der Waals surface area (Å²) in [6.07, 6.45) is 3.62. The van der Waals surface area contributed by atoms with Gasteiger partial charge in [0.15, 0.2) is 0 Å². The molecule has 7 heteroatoms. The molecule has 0 bridgehead atoms. The zero-order valence-electron chi connectivity index (χ0n) is 25.9. The van der Waals surface area contributed by atoms with Gasteiger partial charge >= 0.3 is 0 Å². The number of fused-ring (bicyclic) bond motifs is 13. The predicted octanol–water partition coefficient (Wildman–Crippen LogP) is 10.6. The number of para-hydroxylation sites is 4. The van der Waals surface area contributed by atoms with Crippen LogP contribution in [-0.2, 0) is 0 Å². The molecule has 6 nitrogen and oxygen atoms in total. The first kappa shape index (κ1) is 26.6. The van der Waals surface area contributed by atoms with E-state index in [0.717, 1.165) is 81.7 Å². The molecule has 0 atom stereocenters. The average Bonchev–Trinajstić information content (AvgIpc) is 3.83. The van der Waals surface area contributed by atoms with Gasteiger partial charge in [-0.25, -0.2) is 19.9 Å². The third-order valence-electron chi connectivity index (χ3n) is 9.68. The maximum atomic E-state index is 5.42. The van der Waals surface area contributed by atoms with Gasteiger partial charge < -0.3 is 4.57 Å². The molecular weight excluding hydrogens is 621 g/mol. The van der Waals surface area contributed by atoms with Gasteiger partial charge in [-0.2, -0.15) is 0 Å². The molecule has 0 saturated carbocycles. The molecule has 0 aliphatic heterocycles. The third-order valence-corrected chi connectivity index (χ3v) is 10.8. The third kappa shape index (κ3) is 3.65. The van der Waals surface area contributed by atoms with Crippen LogP contribution in [0.1, 0.15) is 0 Å². The standard InChI is InChI=1S/C42H24N6S/c1-3-13-25(14-4-1)37-27-17-7-10-20-31(27)45-42(46-37)48-33-22-12-8-18-28(33)34-35-30-23-43-24-44-41(30)49-40(35)39-36(38(34)48)29-19-9-11-21-32(29)47(39)26-15-5-2-6-16-26/h1-24H. The molecule has 11 aromatic rings. The molecule has 0 N–H and O–H groups in total. The SMILES string of the molecule is c1ccc(-c2nc(-n3c4ccccc4c4c5c6cncnc6sc5c5c(c6ccccc6n5-c5ccccc5)c43)nc3ccccc23)cc1. The lowest BCUT2D eigenvalue weighted by molar-refractivity contribution is 1.02. The Morgan fingerprint density at radius 3 is 1.96 bits per heavy atom. The Bertz CT molecular complexity index is 3100. The maximum absolute atomic E-state index is 5.42. The van der Waals surface area contributed by atoms with Crippen molar-refractivity contribution in [2.75, 3.05) is 0 Å². The van der Waals surface area contributed by atoms with Gasteiger partial charge in [-0.1, -0.05) is 103 Å². The lowest BCUT2D eigenvalue weighted by Gasteiger charge is -2.13. The summed E-state index contributed by atoms with van der Waals surface area (Å²) in [5, 5.41) is 7.86. The van der Waals surface area contributed by atoms with Gasteiger partial charge in [-0.3, -0.25) is 4.57 Å². The summed E-state index contributed by atoms with van der Waals surface area (Å²) in [6.45, 7) is 0. The average molecular weight is 645 g/mol. The van der Waals surface area contributed by atoms with E-state index in [2.05, 4.69) is 135 Å². The number of hydrogen-bond donors (Lipinski definition) is 0. The molecule has 0 spiro atoms. The zero-order valence-corrected chi connectivity index (χ0v) is 26.8. The minimum atomic E-state index is 0.636. The first-order valence-electron chi connectivity index (χ1n) is 16.2. The van der Waals surface area contributed by atoms with Crippen molar-refractivity contribution in [1.82, 2.24) is 29.1 Å². The van der Waals surface area contributed by atoms with Crippen molar-refractivity contribution in [3.63, 3.8) is 0 Å². The highest BCUT2D eigenvalue weighted by molar-refractivity contribution is 7.26. The van der Waals surface area contributed by atoms with Gasteiger partial charge in [0.2, 0.25) is 5.95 Å². The molecule has 5 heterocycles. The molecular formula is C42H24N6S. The van der Waals surface area contributed by atoms with E-state index in [1.165, 1.54) is 10.1 Å². The summed E-state index contributed by atoms with van der Waals surface area (Å²) in [4.78, 5) is 21.0. The summed E-state index contributed by atoms with van der Waals surface area (Å²) in [6, 6.07) is 46.7. The van der Waals surface area contributed by atoms with E-state index in [0.29, 0.717) is 5.95 Å². The minimum absolute atomic E-state index is 0.636. The molecule has 0 amide bonds. The summed E-state index contributed by atoms with van der Waals surface area (Å²) >= 11 is 1.73. The number of thiophene rings is 1. The summed E-state index contributed by atoms with van der Waals surface area (Å²) in [5.74, 6) is 0.636. The van der Waals surface area contributed by atoms with Gasteiger partial charge in [0.05, 0.1) is 38.0 Å². The van der Waals surface area contributed by atoms with E-state index >= 15 is 0 Å². The molecule has 0 aliphatic rings. The number of aromatic nitrogens is 6. The number of benzene rings is 6. The highest BCUT2D eigenvalue weighted by Gasteiger charge is 2.28. The molecule has 228 valence electrons. The molecule has 0 saturated heterocycles. The first-order chi connectivity index (χ1) is 24.3.